The van der Waals surface area contributed by atoms with E-state index in [2.05, 4.69) is 9.88 Å². The van der Waals surface area contributed by atoms with Crippen molar-refractivity contribution in [3.05, 3.63) is 90.1 Å². The van der Waals surface area contributed by atoms with E-state index in [0.717, 1.165) is 45.1 Å². The Morgan fingerprint density at radius 2 is 1.62 bits per heavy atom. The number of nitrogens with one attached hydrogen (secondary N) is 1. The lowest BCUT2D eigenvalue weighted by Crippen LogP contribution is -2.51. The number of para-hydroxylation sites is 4. The number of aliphatic imine (C=N–C) groups is 1. The second-order valence-corrected chi connectivity index (χ2v) is 8.55. The standard InChI is InChI=1S/C27H24N4O3/c32-27(33)25(20-17-28-21-9-3-1-7-18(20)21)30-13-15-31(16-14-30)26-19-8-2-5-11-23(19)34-24-12-6-4-10-22(24)29-26/h1-12,17,25,28H,13-16H2,(H,32,33)/t25-/m1/s1. The first kappa shape index (κ1) is 20.5. The number of amidine groups is 1. The molecule has 0 bridgehead atoms. The van der Waals surface area contributed by atoms with Crippen LogP contribution in [0.1, 0.15) is 17.2 Å². The van der Waals surface area contributed by atoms with Crippen LogP contribution >= 0.6 is 0 Å². The molecule has 6 rings (SSSR count). The summed E-state index contributed by atoms with van der Waals surface area (Å²) in [7, 11) is 0. The van der Waals surface area contributed by atoms with Gasteiger partial charge in [0.2, 0.25) is 0 Å². The smallest absolute Gasteiger partial charge is 0.325 e. The summed E-state index contributed by atoms with van der Waals surface area (Å²) >= 11 is 0. The first-order valence-corrected chi connectivity index (χ1v) is 11.4. The number of piperazine rings is 1. The molecule has 3 aromatic carbocycles. The summed E-state index contributed by atoms with van der Waals surface area (Å²) in [6, 6.07) is 22.8. The fraction of sp³-hybridized carbons (Fsp3) is 0.185. The van der Waals surface area contributed by atoms with Gasteiger partial charge in [0, 0.05) is 48.8 Å². The summed E-state index contributed by atoms with van der Waals surface area (Å²) in [6.07, 6.45) is 1.83. The maximum absolute atomic E-state index is 12.4. The molecule has 3 heterocycles. The Labute approximate surface area is 196 Å². The lowest BCUT2D eigenvalue weighted by Gasteiger charge is -2.39. The molecule has 0 radical (unpaired) electrons. The van der Waals surface area contributed by atoms with Gasteiger partial charge in [0.1, 0.15) is 23.3 Å². The maximum Gasteiger partial charge on any atom is 0.325 e. The Kier molecular flexibility index (Phi) is 5.04. The molecule has 1 aromatic heterocycles. The van der Waals surface area contributed by atoms with E-state index in [-0.39, 0.29) is 0 Å². The molecule has 2 N–H and O–H groups in total. The molecule has 1 fully saturated rings. The highest BCUT2D eigenvalue weighted by atomic mass is 16.5. The molecule has 0 amide bonds. The number of benzene rings is 3. The van der Waals surface area contributed by atoms with Crippen LogP contribution in [0, 0.1) is 0 Å². The Balaban J connectivity index is 1.30. The van der Waals surface area contributed by atoms with Gasteiger partial charge in [-0.05, 0) is 30.3 Å². The van der Waals surface area contributed by atoms with Crippen LogP contribution in [0.5, 0.6) is 11.5 Å². The van der Waals surface area contributed by atoms with Gasteiger partial charge < -0.3 is 19.7 Å². The highest BCUT2D eigenvalue weighted by molar-refractivity contribution is 6.03. The van der Waals surface area contributed by atoms with Gasteiger partial charge in [-0.3, -0.25) is 9.69 Å². The van der Waals surface area contributed by atoms with Gasteiger partial charge in [-0.1, -0.05) is 42.5 Å². The topological polar surface area (TPSA) is 81.2 Å². The number of fused-ring (bicyclic) bond motifs is 3. The number of carboxylic acids is 1. The van der Waals surface area contributed by atoms with Crippen LogP contribution in [-0.2, 0) is 4.79 Å². The summed E-state index contributed by atoms with van der Waals surface area (Å²) in [5.74, 6) is 1.53. The minimum Gasteiger partial charge on any atom is -0.480 e. The van der Waals surface area contributed by atoms with Crippen LogP contribution < -0.4 is 4.74 Å². The molecular formula is C27H24N4O3. The molecule has 0 spiro atoms. The number of hydrogen-bond donors (Lipinski definition) is 2. The first-order valence-electron chi connectivity index (χ1n) is 11.4. The molecule has 0 aliphatic carbocycles. The van der Waals surface area contributed by atoms with Crippen LogP contribution in [0.15, 0.2) is 84.0 Å². The van der Waals surface area contributed by atoms with Crippen LogP contribution in [0.2, 0.25) is 0 Å². The van der Waals surface area contributed by atoms with E-state index in [1.54, 1.807) is 0 Å². The molecule has 34 heavy (non-hydrogen) atoms. The minimum absolute atomic E-state index is 0.611. The number of nitrogens with zero attached hydrogens (tertiary/aromatic N) is 3. The van der Waals surface area contributed by atoms with E-state index >= 15 is 0 Å². The van der Waals surface area contributed by atoms with Crippen molar-refractivity contribution in [2.24, 2.45) is 4.99 Å². The Morgan fingerprint density at radius 1 is 0.912 bits per heavy atom. The third-order valence-electron chi connectivity index (χ3n) is 6.57. The average molecular weight is 453 g/mol. The fourth-order valence-electron chi connectivity index (χ4n) is 4.91. The largest absolute Gasteiger partial charge is 0.480 e. The molecule has 170 valence electrons. The van der Waals surface area contributed by atoms with Gasteiger partial charge in [0.15, 0.2) is 5.75 Å². The van der Waals surface area contributed by atoms with Crippen molar-refractivity contribution in [2.75, 3.05) is 26.2 Å². The quantitative estimate of drug-likeness (QED) is 0.467. The van der Waals surface area contributed by atoms with Crippen molar-refractivity contribution in [1.29, 1.82) is 0 Å². The highest BCUT2D eigenvalue weighted by Gasteiger charge is 2.33. The summed E-state index contributed by atoms with van der Waals surface area (Å²) in [6.45, 7) is 2.56. The van der Waals surface area contributed by atoms with Gasteiger partial charge in [-0.2, -0.15) is 0 Å². The molecule has 7 nitrogen and oxygen atoms in total. The Bertz CT molecular complexity index is 1400. The van der Waals surface area contributed by atoms with Crippen molar-refractivity contribution < 1.29 is 14.6 Å². The number of ether oxygens (including phenoxy) is 1. The third kappa shape index (κ3) is 3.50. The zero-order chi connectivity index (χ0) is 23.1. The van der Waals surface area contributed by atoms with E-state index in [0.29, 0.717) is 26.2 Å². The molecule has 7 heteroatoms. The third-order valence-corrected chi connectivity index (χ3v) is 6.57. The molecule has 0 saturated carbocycles. The number of aliphatic carboxylic acids is 1. The zero-order valence-corrected chi connectivity index (χ0v) is 18.5. The molecule has 1 saturated heterocycles. The van der Waals surface area contributed by atoms with Gasteiger partial charge >= 0.3 is 5.97 Å². The number of H-pyrrole nitrogens is 1. The van der Waals surface area contributed by atoms with Gasteiger partial charge in [0.25, 0.3) is 0 Å². The predicted octanol–water partition coefficient (Wildman–Crippen LogP) is 4.80. The van der Waals surface area contributed by atoms with Crippen molar-refractivity contribution in [3.63, 3.8) is 0 Å². The molecule has 2 aliphatic heterocycles. The lowest BCUT2D eigenvalue weighted by molar-refractivity contribution is -0.144. The average Bonchev–Trinajstić information content (AvgIpc) is 3.20. The maximum atomic E-state index is 12.4. The Morgan fingerprint density at radius 3 is 2.44 bits per heavy atom. The van der Waals surface area contributed by atoms with Crippen LogP contribution in [0.4, 0.5) is 5.69 Å². The van der Waals surface area contributed by atoms with Crippen molar-refractivity contribution in [3.8, 4) is 11.5 Å². The number of rotatable bonds is 3. The predicted molar refractivity (Wildman–Crippen MR) is 131 cm³/mol. The van der Waals surface area contributed by atoms with Gasteiger partial charge in [0.05, 0.1) is 5.56 Å². The number of aromatic nitrogens is 1. The number of carbonyl (C=O) groups is 1. The summed E-state index contributed by atoms with van der Waals surface area (Å²) in [5.41, 5.74) is 3.48. The minimum atomic E-state index is -0.835. The molecular weight excluding hydrogens is 428 g/mol. The summed E-state index contributed by atoms with van der Waals surface area (Å²) in [5, 5.41) is 11.1. The fourth-order valence-corrected chi connectivity index (χ4v) is 4.91. The highest BCUT2D eigenvalue weighted by Crippen LogP contribution is 2.38. The number of carboxylic acid groups (broad SMARTS) is 1. The Hall–Kier alpha value is -4.10. The molecule has 0 unspecified atom stereocenters. The van der Waals surface area contributed by atoms with Crippen molar-refractivity contribution in [1.82, 2.24) is 14.8 Å². The van der Waals surface area contributed by atoms with E-state index in [1.807, 2.05) is 83.9 Å². The molecule has 2 aliphatic rings. The normalized spacial score (nSPS) is 16.7. The van der Waals surface area contributed by atoms with Crippen LogP contribution in [-0.4, -0.2) is 57.9 Å². The monoisotopic (exact) mass is 452 g/mol. The number of hydrogen-bond acceptors (Lipinski definition) is 5. The first-order chi connectivity index (χ1) is 16.7. The lowest BCUT2D eigenvalue weighted by atomic mass is 10.0. The zero-order valence-electron chi connectivity index (χ0n) is 18.5. The van der Waals surface area contributed by atoms with E-state index in [1.165, 1.54) is 0 Å². The van der Waals surface area contributed by atoms with Crippen molar-refractivity contribution in [2.45, 2.75) is 6.04 Å². The van der Waals surface area contributed by atoms with E-state index in [4.69, 9.17) is 9.73 Å². The number of aromatic amines is 1. The van der Waals surface area contributed by atoms with Crippen LogP contribution in [0.3, 0.4) is 0 Å². The van der Waals surface area contributed by atoms with E-state index in [9.17, 15) is 9.90 Å². The van der Waals surface area contributed by atoms with Crippen molar-refractivity contribution >= 4 is 28.4 Å². The van der Waals surface area contributed by atoms with Gasteiger partial charge in [-0.25, -0.2) is 4.99 Å². The molecule has 4 aromatic rings. The second kappa shape index (κ2) is 8.35. The second-order valence-electron chi connectivity index (χ2n) is 8.55. The van der Waals surface area contributed by atoms with Crippen LogP contribution in [0.25, 0.3) is 10.9 Å². The SMILES string of the molecule is O=C(O)[C@@H](c1c[nH]c2ccccc12)N1CCN(C2=Nc3ccccc3Oc3ccccc32)CC1. The summed E-state index contributed by atoms with van der Waals surface area (Å²) < 4.78 is 6.17. The summed E-state index contributed by atoms with van der Waals surface area (Å²) in [4.78, 5) is 24.8. The van der Waals surface area contributed by atoms with Gasteiger partial charge in [-0.15, -0.1) is 0 Å². The molecule has 1 atom stereocenters. The van der Waals surface area contributed by atoms with E-state index < -0.39 is 12.0 Å².